The van der Waals surface area contributed by atoms with Gasteiger partial charge in [0.15, 0.2) is 0 Å². The van der Waals surface area contributed by atoms with Crippen LogP contribution < -0.4 is 5.32 Å². The molecule has 0 fully saturated rings. The fourth-order valence-electron chi connectivity index (χ4n) is 1.31. The SMILES string of the molecule is Clc1ccc(CNc2ccccn2)cc1Br. The third kappa shape index (κ3) is 2.97. The molecule has 0 atom stereocenters. The quantitative estimate of drug-likeness (QED) is 0.922. The van der Waals surface area contributed by atoms with Crippen LogP contribution in [0.25, 0.3) is 0 Å². The van der Waals surface area contributed by atoms with E-state index in [4.69, 9.17) is 11.6 Å². The van der Waals surface area contributed by atoms with Gasteiger partial charge in [-0.2, -0.15) is 0 Å². The lowest BCUT2D eigenvalue weighted by molar-refractivity contribution is 1.11. The Morgan fingerprint density at radius 2 is 2.12 bits per heavy atom. The van der Waals surface area contributed by atoms with Crippen LogP contribution in [0.4, 0.5) is 5.82 Å². The first-order valence-electron chi connectivity index (χ1n) is 4.84. The summed E-state index contributed by atoms with van der Waals surface area (Å²) in [7, 11) is 0. The smallest absolute Gasteiger partial charge is 0.126 e. The number of benzene rings is 1. The minimum absolute atomic E-state index is 0.724. The van der Waals surface area contributed by atoms with E-state index in [9.17, 15) is 0 Å². The molecule has 0 saturated heterocycles. The van der Waals surface area contributed by atoms with Crippen molar-refractivity contribution >= 4 is 33.3 Å². The van der Waals surface area contributed by atoms with Crippen molar-refractivity contribution in [3.63, 3.8) is 0 Å². The van der Waals surface area contributed by atoms with Crippen LogP contribution in [-0.2, 0) is 6.54 Å². The summed E-state index contributed by atoms with van der Waals surface area (Å²) >= 11 is 9.32. The number of nitrogens with zero attached hydrogens (tertiary/aromatic N) is 1. The van der Waals surface area contributed by atoms with Gasteiger partial charge in [-0.25, -0.2) is 4.98 Å². The molecule has 16 heavy (non-hydrogen) atoms. The number of halogens is 2. The average molecular weight is 298 g/mol. The Kier molecular flexibility index (Phi) is 3.80. The molecule has 2 aromatic rings. The van der Waals surface area contributed by atoms with E-state index >= 15 is 0 Å². The first-order valence-corrected chi connectivity index (χ1v) is 6.01. The largest absolute Gasteiger partial charge is 0.366 e. The zero-order valence-electron chi connectivity index (χ0n) is 8.45. The van der Waals surface area contributed by atoms with E-state index in [0.717, 1.165) is 27.4 Å². The predicted octanol–water partition coefficient (Wildman–Crippen LogP) is 4.11. The van der Waals surface area contributed by atoms with Crippen molar-refractivity contribution in [3.05, 3.63) is 57.7 Å². The van der Waals surface area contributed by atoms with Crippen LogP contribution in [0.2, 0.25) is 5.02 Å². The van der Waals surface area contributed by atoms with Crippen molar-refractivity contribution in [1.29, 1.82) is 0 Å². The molecule has 0 amide bonds. The van der Waals surface area contributed by atoms with Crippen molar-refractivity contribution in [3.8, 4) is 0 Å². The summed E-state index contributed by atoms with van der Waals surface area (Å²) in [6.45, 7) is 0.729. The van der Waals surface area contributed by atoms with Gasteiger partial charge < -0.3 is 5.32 Å². The second-order valence-corrected chi connectivity index (χ2v) is 4.58. The topological polar surface area (TPSA) is 24.9 Å². The van der Waals surface area contributed by atoms with Crippen molar-refractivity contribution in [2.45, 2.75) is 6.54 Å². The lowest BCUT2D eigenvalue weighted by Crippen LogP contribution is -2.00. The van der Waals surface area contributed by atoms with E-state index in [2.05, 4.69) is 26.2 Å². The Morgan fingerprint density at radius 3 is 2.81 bits per heavy atom. The molecule has 0 aliphatic carbocycles. The molecule has 0 unspecified atom stereocenters. The number of aromatic nitrogens is 1. The number of hydrogen-bond acceptors (Lipinski definition) is 2. The molecule has 1 heterocycles. The van der Waals surface area contributed by atoms with Gasteiger partial charge in [-0.1, -0.05) is 23.7 Å². The van der Waals surface area contributed by atoms with Crippen molar-refractivity contribution in [1.82, 2.24) is 4.98 Å². The first kappa shape index (κ1) is 11.4. The lowest BCUT2D eigenvalue weighted by atomic mass is 10.2. The summed E-state index contributed by atoms with van der Waals surface area (Å²) in [5.41, 5.74) is 1.15. The zero-order valence-corrected chi connectivity index (χ0v) is 10.8. The maximum Gasteiger partial charge on any atom is 0.126 e. The van der Waals surface area contributed by atoms with Gasteiger partial charge in [0.25, 0.3) is 0 Å². The Balaban J connectivity index is 2.03. The van der Waals surface area contributed by atoms with Crippen molar-refractivity contribution < 1.29 is 0 Å². The maximum atomic E-state index is 5.92. The van der Waals surface area contributed by atoms with Gasteiger partial charge in [-0.05, 0) is 45.8 Å². The lowest BCUT2D eigenvalue weighted by Gasteiger charge is -2.06. The molecule has 1 aromatic heterocycles. The highest BCUT2D eigenvalue weighted by Gasteiger charge is 1.99. The van der Waals surface area contributed by atoms with Crippen LogP contribution in [0.1, 0.15) is 5.56 Å². The average Bonchev–Trinajstić information content (AvgIpc) is 2.32. The van der Waals surface area contributed by atoms with Gasteiger partial charge in [0.05, 0.1) is 5.02 Å². The molecule has 0 spiro atoms. The van der Waals surface area contributed by atoms with E-state index in [1.807, 2.05) is 36.4 Å². The molecule has 0 aliphatic rings. The summed E-state index contributed by atoms with van der Waals surface area (Å²) in [5, 5.41) is 3.96. The van der Waals surface area contributed by atoms with E-state index in [-0.39, 0.29) is 0 Å². The van der Waals surface area contributed by atoms with Crippen LogP contribution in [0.15, 0.2) is 47.1 Å². The standard InChI is InChI=1S/C12H10BrClN2/c13-10-7-9(4-5-11(10)14)8-16-12-3-1-2-6-15-12/h1-7H,8H2,(H,15,16). The zero-order chi connectivity index (χ0) is 11.4. The highest BCUT2D eigenvalue weighted by Crippen LogP contribution is 2.23. The molecule has 2 rings (SSSR count). The summed E-state index contributed by atoms with van der Waals surface area (Å²) in [5.74, 6) is 0.869. The van der Waals surface area contributed by atoms with Crippen LogP contribution in [0.5, 0.6) is 0 Å². The molecule has 82 valence electrons. The minimum atomic E-state index is 0.724. The molecular weight excluding hydrogens is 288 g/mol. The minimum Gasteiger partial charge on any atom is -0.366 e. The monoisotopic (exact) mass is 296 g/mol. The highest BCUT2D eigenvalue weighted by molar-refractivity contribution is 9.10. The number of hydrogen-bond donors (Lipinski definition) is 1. The Hall–Kier alpha value is -1.06. The van der Waals surface area contributed by atoms with E-state index in [1.54, 1.807) is 6.20 Å². The predicted molar refractivity (Wildman–Crippen MR) is 70.7 cm³/mol. The van der Waals surface area contributed by atoms with E-state index in [1.165, 1.54) is 0 Å². The van der Waals surface area contributed by atoms with Crippen molar-refractivity contribution in [2.24, 2.45) is 0 Å². The molecule has 1 N–H and O–H groups in total. The second-order valence-electron chi connectivity index (χ2n) is 3.32. The molecule has 4 heteroatoms. The highest BCUT2D eigenvalue weighted by atomic mass is 79.9. The van der Waals surface area contributed by atoms with E-state index in [0.29, 0.717) is 0 Å². The molecule has 0 aliphatic heterocycles. The van der Waals surface area contributed by atoms with Gasteiger partial charge in [0.1, 0.15) is 5.82 Å². The number of rotatable bonds is 3. The van der Waals surface area contributed by atoms with Crippen molar-refractivity contribution in [2.75, 3.05) is 5.32 Å². The van der Waals surface area contributed by atoms with Gasteiger partial charge in [-0.15, -0.1) is 0 Å². The summed E-state index contributed by atoms with van der Waals surface area (Å²) in [6.07, 6.45) is 1.76. The first-order chi connectivity index (χ1) is 7.75. The Bertz CT molecular complexity index is 474. The van der Waals surface area contributed by atoms with Crippen LogP contribution in [0, 0.1) is 0 Å². The van der Waals surface area contributed by atoms with Crippen LogP contribution in [-0.4, -0.2) is 4.98 Å². The normalized spacial score (nSPS) is 10.1. The van der Waals surface area contributed by atoms with Crippen LogP contribution >= 0.6 is 27.5 Å². The Labute approximate surface area is 108 Å². The summed E-state index contributed by atoms with van der Waals surface area (Å²) < 4.78 is 0.912. The van der Waals surface area contributed by atoms with E-state index < -0.39 is 0 Å². The number of pyridine rings is 1. The Morgan fingerprint density at radius 1 is 1.25 bits per heavy atom. The van der Waals surface area contributed by atoms with Gasteiger partial charge >= 0.3 is 0 Å². The molecule has 0 radical (unpaired) electrons. The molecule has 0 saturated carbocycles. The van der Waals surface area contributed by atoms with Gasteiger partial charge in [0.2, 0.25) is 0 Å². The maximum absolute atomic E-state index is 5.92. The fraction of sp³-hybridized carbons (Fsp3) is 0.0833. The number of nitrogens with one attached hydrogen (secondary N) is 1. The summed E-state index contributed by atoms with van der Waals surface area (Å²) in [4.78, 5) is 4.18. The third-order valence-electron chi connectivity index (χ3n) is 2.12. The second kappa shape index (κ2) is 5.32. The van der Waals surface area contributed by atoms with Crippen LogP contribution in [0.3, 0.4) is 0 Å². The summed E-state index contributed by atoms with van der Waals surface area (Å²) in [6, 6.07) is 11.6. The molecule has 1 aromatic carbocycles. The van der Waals surface area contributed by atoms with Gasteiger partial charge in [-0.3, -0.25) is 0 Å². The third-order valence-corrected chi connectivity index (χ3v) is 3.34. The number of anilines is 1. The molecule has 0 bridgehead atoms. The molecule has 2 nitrogen and oxygen atoms in total. The molecular formula is C12H10BrClN2. The fourth-order valence-corrected chi connectivity index (χ4v) is 1.85. The van der Waals surface area contributed by atoms with Gasteiger partial charge in [0, 0.05) is 17.2 Å².